The molecule has 0 unspecified atom stereocenters. The van der Waals surface area contributed by atoms with E-state index in [1.54, 1.807) is 18.2 Å². The van der Waals surface area contributed by atoms with Gasteiger partial charge in [0, 0.05) is 0 Å². The van der Waals surface area contributed by atoms with Gasteiger partial charge < -0.3 is 9.84 Å². The molecule has 1 aromatic rings. The van der Waals surface area contributed by atoms with E-state index in [1.165, 1.54) is 12.1 Å². The fraction of sp³-hybridized carbons (Fsp3) is 0.286. The number of carbonyl (C=O) groups is 2. The van der Waals surface area contributed by atoms with Crippen molar-refractivity contribution in [1.82, 2.24) is 0 Å². The summed E-state index contributed by atoms with van der Waals surface area (Å²) in [7, 11) is 0. The van der Waals surface area contributed by atoms with E-state index >= 15 is 0 Å². The SMILES string of the molecule is C=CC.CCCOC(=O)c1ccccc1C(=O)O. The van der Waals surface area contributed by atoms with Crippen LogP contribution in [0.3, 0.4) is 0 Å². The summed E-state index contributed by atoms with van der Waals surface area (Å²) >= 11 is 0. The topological polar surface area (TPSA) is 63.6 Å². The molecular formula is C14H18O4. The molecule has 0 aromatic heterocycles. The summed E-state index contributed by atoms with van der Waals surface area (Å²) < 4.78 is 4.87. The third-order valence-corrected chi connectivity index (χ3v) is 1.81. The molecule has 0 saturated heterocycles. The number of aromatic carboxylic acids is 1. The molecule has 4 heteroatoms. The predicted octanol–water partition coefficient (Wildman–Crippen LogP) is 3.14. The Morgan fingerprint density at radius 1 is 1.33 bits per heavy atom. The minimum atomic E-state index is -1.13. The normalized spacial score (nSPS) is 8.78. The summed E-state index contributed by atoms with van der Waals surface area (Å²) in [5, 5.41) is 8.83. The summed E-state index contributed by atoms with van der Waals surface area (Å²) in [6, 6.07) is 6.00. The highest BCUT2D eigenvalue weighted by Crippen LogP contribution is 2.10. The summed E-state index contributed by atoms with van der Waals surface area (Å²) in [5.74, 6) is -1.71. The van der Waals surface area contributed by atoms with Crippen LogP contribution in [0.5, 0.6) is 0 Å². The van der Waals surface area contributed by atoms with Gasteiger partial charge in [-0.2, -0.15) is 0 Å². The molecule has 0 atom stereocenters. The Morgan fingerprint density at radius 3 is 2.28 bits per heavy atom. The third-order valence-electron chi connectivity index (χ3n) is 1.81. The zero-order valence-electron chi connectivity index (χ0n) is 10.7. The van der Waals surface area contributed by atoms with E-state index in [-0.39, 0.29) is 11.1 Å². The molecule has 0 radical (unpaired) electrons. The lowest BCUT2D eigenvalue weighted by Crippen LogP contribution is -2.11. The Labute approximate surface area is 107 Å². The molecule has 1 N–H and O–H groups in total. The Hall–Kier alpha value is -2.10. The summed E-state index contributed by atoms with van der Waals surface area (Å²) in [6.45, 7) is 7.42. The maximum Gasteiger partial charge on any atom is 0.339 e. The van der Waals surface area contributed by atoms with Gasteiger partial charge in [0.2, 0.25) is 0 Å². The first kappa shape index (κ1) is 15.9. The average Bonchev–Trinajstić information content (AvgIpc) is 2.36. The molecule has 18 heavy (non-hydrogen) atoms. The molecule has 0 spiro atoms. The second-order valence-corrected chi connectivity index (χ2v) is 3.39. The molecule has 1 rings (SSSR count). The number of allylic oxidation sites excluding steroid dienone is 1. The Kier molecular flexibility index (Phi) is 7.94. The Balaban J connectivity index is 0.000000873. The number of hydrogen-bond acceptors (Lipinski definition) is 3. The molecule has 1 aromatic carbocycles. The van der Waals surface area contributed by atoms with Crippen LogP contribution in [0.15, 0.2) is 36.9 Å². The number of benzene rings is 1. The molecule has 0 aliphatic carbocycles. The third kappa shape index (κ3) is 5.30. The quantitative estimate of drug-likeness (QED) is 0.658. The maximum atomic E-state index is 11.4. The molecular weight excluding hydrogens is 232 g/mol. The van der Waals surface area contributed by atoms with Crippen molar-refractivity contribution in [3.05, 3.63) is 48.0 Å². The smallest absolute Gasteiger partial charge is 0.339 e. The van der Waals surface area contributed by atoms with Crippen LogP contribution in [0, 0.1) is 0 Å². The highest BCUT2D eigenvalue weighted by Gasteiger charge is 2.16. The summed E-state index contributed by atoms with van der Waals surface area (Å²) in [5.41, 5.74) is 0.0667. The zero-order valence-corrected chi connectivity index (χ0v) is 10.7. The van der Waals surface area contributed by atoms with E-state index in [4.69, 9.17) is 9.84 Å². The highest BCUT2D eigenvalue weighted by molar-refractivity contribution is 6.02. The fourth-order valence-corrected chi connectivity index (χ4v) is 1.12. The number of carbonyl (C=O) groups excluding carboxylic acids is 1. The van der Waals surface area contributed by atoms with Crippen molar-refractivity contribution in [3.8, 4) is 0 Å². The molecule has 98 valence electrons. The van der Waals surface area contributed by atoms with Gasteiger partial charge in [-0.15, -0.1) is 6.58 Å². The van der Waals surface area contributed by atoms with E-state index in [0.717, 1.165) is 0 Å². The van der Waals surface area contributed by atoms with Gasteiger partial charge in [-0.3, -0.25) is 0 Å². The van der Waals surface area contributed by atoms with Gasteiger partial charge in [-0.05, 0) is 25.5 Å². The van der Waals surface area contributed by atoms with Crippen LogP contribution >= 0.6 is 0 Å². The number of carboxylic acid groups (broad SMARTS) is 1. The molecule has 0 heterocycles. The molecule has 4 nitrogen and oxygen atoms in total. The van der Waals surface area contributed by atoms with Crippen LogP contribution < -0.4 is 0 Å². The van der Waals surface area contributed by atoms with Gasteiger partial charge in [0.15, 0.2) is 0 Å². The highest BCUT2D eigenvalue weighted by atomic mass is 16.5. The zero-order chi connectivity index (χ0) is 14.0. The predicted molar refractivity (Wildman–Crippen MR) is 69.8 cm³/mol. The number of hydrogen-bond donors (Lipinski definition) is 1. The monoisotopic (exact) mass is 250 g/mol. The Morgan fingerprint density at radius 2 is 1.83 bits per heavy atom. The van der Waals surface area contributed by atoms with Gasteiger partial charge in [-0.25, -0.2) is 9.59 Å². The van der Waals surface area contributed by atoms with Crippen LogP contribution in [-0.2, 0) is 4.74 Å². The number of rotatable bonds is 4. The van der Waals surface area contributed by atoms with Gasteiger partial charge in [0.1, 0.15) is 0 Å². The van der Waals surface area contributed by atoms with E-state index in [9.17, 15) is 9.59 Å². The molecule has 0 aliphatic heterocycles. The van der Waals surface area contributed by atoms with Crippen molar-refractivity contribution in [1.29, 1.82) is 0 Å². The second-order valence-electron chi connectivity index (χ2n) is 3.39. The van der Waals surface area contributed by atoms with Crippen molar-refractivity contribution in [2.75, 3.05) is 6.61 Å². The number of ether oxygens (including phenoxy) is 1. The number of carboxylic acids is 1. The summed E-state index contributed by atoms with van der Waals surface area (Å²) in [4.78, 5) is 22.2. The van der Waals surface area contributed by atoms with Crippen molar-refractivity contribution >= 4 is 11.9 Å². The van der Waals surface area contributed by atoms with Crippen LogP contribution in [0.2, 0.25) is 0 Å². The summed E-state index contributed by atoms with van der Waals surface area (Å²) in [6.07, 6.45) is 2.46. The minimum absolute atomic E-state index is 0.0291. The largest absolute Gasteiger partial charge is 0.478 e. The lowest BCUT2D eigenvalue weighted by molar-refractivity contribution is 0.0494. The van der Waals surface area contributed by atoms with E-state index in [2.05, 4.69) is 6.58 Å². The van der Waals surface area contributed by atoms with Crippen LogP contribution in [0.4, 0.5) is 0 Å². The van der Waals surface area contributed by atoms with E-state index < -0.39 is 11.9 Å². The average molecular weight is 250 g/mol. The van der Waals surface area contributed by atoms with Crippen molar-refractivity contribution in [3.63, 3.8) is 0 Å². The lowest BCUT2D eigenvalue weighted by Gasteiger charge is -2.05. The minimum Gasteiger partial charge on any atom is -0.478 e. The first-order valence-electron chi connectivity index (χ1n) is 5.64. The second kappa shape index (κ2) is 8.98. The standard InChI is InChI=1S/C11H12O4.C3H6/c1-2-7-15-11(14)9-6-4-3-5-8(9)10(12)13;1-3-2/h3-6H,2,7H2,1H3,(H,12,13);3H,1H2,2H3. The first-order valence-corrected chi connectivity index (χ1v) is 5.64. The van der Waals surface area contributed by atoms with Crippen molar-refractivity contribution in [2.45, 2.75) is 20.3 Å². The van der Waals surface area contributed by atoms with Gasteiger partial charge in [0.25, 0.3) is 0 Å². The molecule has 0 amide bonds. The van der Waals surface area contributed by atoms with Crippen molar-refractivity contribution < 1.29 is 19.4 Å². The van der Waals surface area contributed by atoms with E-state index in [0.29, 0.717) is 13.0 Å². The lowest BCUT2D eigenvalue weighted by atomic mass is 10.1. The van der Waals surface area contributed by atoms with Crippen LogP contribution in [0.1, 0.15) is 41.0 Å². The fourth-order valence-electron chi connectivity index (χ4n) is 1.12. The van der Waals surface area contributed by atoms with Gasteiger partial charge in [-0.1, -0.05) is 25.1 Å². The molecule has 0 bridgehead atoms. The first-order chi connectivity index (χ1) is 8.58. The van der Waals surface area contributed by atoms with Gasteiger partial charge >= 0.3 is 11.9 Å². The van der Waals surface area contributed by atoms with Gasteiger partial charge in [0.05, 0.1) is 17.7 Å². The molecule has 0 saturated carbocycles. The molecule has 0 aliphatic rings. The Bertz CT molecular complexity index is 410. The van der Waals surface area contributed by atoms with Crippen LogP contribution in [-0.4, -0.2) is 23.7 Å². The van der Waals surface area contributed by atoms with Crippen molar-refractivity contribution in [2.24, 2.45) is 0 Å². The van der Waals surface area contributed by atoms with Crippen LogP contribution in [0.25, 0.3) is 0 Å². The number of esters is 1. The maximum absolute atomic E-state index is 11.4. The van der Waals surface area contributed by atoms with E-state index in [1.807, 2.05) is 13.8 Å². The molecule has 0 fully saturated rings.